The first-order valence-corrected chi connectivity index (χ1v) is 6.05. The van der Waals surface area contributed by atoms with Gasteiger partial charge in [-0.05, 0) is 44.4 Å². The van der Waals surface area contributed by atoms with Gasteiger partial charge in [-0.2, -0.15) is 5.26 Å². The number of nitriles is 1. The van der Waals surface area contributed by atoms with Crippen LogP contribution in [0.1, 0.15) is 25.3 Å². The van der Waals surface area contributed by atoms with Gasteiger partial charge in [0.1, 0.15) is 11.4 Å². The number of nitrogens with zero attached hydrogens (tertiary/aromatic N) is 1. The Hall–Kier alpha value is -1.11. The number of hydrogen-bond donors (Lipinski definition) is 1. The Morgan fingerprint density at radius 3 is 2.82 bits per heavy atom. The largest absolute Gasteiger partial charge is 0.296 e. The maximum atomic E-state index is 13.0. The van der Waals surface area contributed by atoms with Crippen LogP contribution >= 0.6 is 11.6 Å². The fraction of sp³-hybridized carbons (Fsp3) is 0.462. The van der Waals surface area contributed by atoms with Crippen LogP contribution in [0.3, 0.4) is 0 Å². The zero-order valence-electron chi connectivity index (χ0n) is 9.63. The first-order chi connectivity index (χ1) is 8.05. The first kappa shape index (κ1) is 12.3. The molecule has 1 aromatic carbocycles. The Labute approximate surface area is 105 Å². The van der Waals surface area contributed by atoms with Crippen LogP contribution in [0.2, 0.25) is 5.02 Å². The van der Waals surface area contributed by atoms with Crippen LogP contribution in [-0.4, -0.2) is 6.54 Å². The summed E-state index contributed by atoms with van der Waals surface area (Å²) >= 11 is 5.99. The highest BCUT2D eigenvalue weighted by atomic mass is 35.5. The molecular formula is C13H14ClFN2. The quantitative estimate of drug-likeness (QED) is 0.893. The van der Waals surface area contributed by atoms with Crippen molar-refractivity contribution in [2.75, 3.05) is 6.54 Å². The van der Waals surface area contributed by atoms with Crippen LogP contribution in [0.4, 0.5) is 4.39 Å². The third kappa shape index (κ3) is 2.77. The van der Waals surface area contributed by atoms with E-state index in [1.807, 2.05) is 0 Å². The highest BCUT2D eigenvalue weighted by molar-refractivity contribution is 6.31. The van der Waals surface area contributed by atoms with Crippen molar-refractivity contribution in [2.24, 2.45) is 5.92 Å². The molecule has 0 aliphatic heterocycles. The summed E-state index contributed by atoms with van der Waals surface area (Å²) in [5.74, 6) is 0.281. The summed E-state index contributed by atoms with van der Waals surface area (Å²) in [4.78, 5) is 0. The van der Waals surface area contributed by atoms with Gasteiger partial charge >= 0.3 is 0 Å². The molecule has 1 aromatic rings. The van der Waals surface area contributed by atoms with E-state index >= 15 is 0 Å². The number of halogens is 2. The minimum absolute atomic E-state index is 0.289. The van der Waals surface area contributed by atoms with Gasteiger partial charge in [-0.15, -0.1) is 0 Å². The predicted molar refractivity (Wildman–Crippen MR) is 65.1 cm³/mol. The SMILES string of the molecule is CC(C#N)(NCC1CC1)c1ccc(F)cc1Cl. The van der Waals surface area contributed by atoms with Gasteiger partial charge in [0.05, 0.1) is 6.07 Å². The van der Waals surface area contributed by atoms with Crippen molar-refractivity contribution < 1.29 is 4.39 Å². The molecule has 1 aliphatic carbocycles. The average Bonchev–Trinajstić information content (AvgIpc) is 3.09. The molecule has 0 amide bonds. The Balaban J connectivity index is 2.22. The summed E-state index contributed by atoms with van der Waals surface area (Å²) in [5.41, 5.74) is -0.225. The molecule has 0 bridgehead atoms. The predicted octanol–water partition coefficient (Wildman–Crippen LogP) is 3.22. The van der Waals surface area contributed by atoms with E-state index < -0.39 is 5.54 Å². The van der Waals surface area contributed by atoms with Gasteiger partial charge in [0.25, 0.3) is 0 Å². The monoisotopic (exact) mass is 252 g/mol. The molecule has 0 aromatic heterocycles. The Kier molecular flexibility index (Phi) is 3.37. The molecule has 0 radical (unpaired) electrons. The molecule has 1 atom stereocenters. The third-order valence-electron chi connectivity index (χ3n) is 3.13. The van der Waals surface area contributed by atoms with Gasteiger partial charge in [-0.25, -0.2) is 4.39 Å². The molecule has 4 heteroatoms. The van der Waals surface area contributed by atoms with E-state index in [0.29, 0.717) is 11.5 Å². The molecule has 1 fully saturated rings. The summed E-state index contributed by atoms with van der Waals surface area (Å²) in [7, 11) is 0. The van der Waals surface area contributed by atoms with Crippen molar-refractivity contribution in [1.29, 1.82) is 5.26 Å². The number of hydrogen-bond acceptors (Lipinski definition) is 2. The molecule has 0 heterocycles. The van der Waals surface area contributed by atoms with Crippen molar-refractivity contribution in [2.45, 2.75) is 25.3 Å². The molecule has 0 spiro atoms. The molecule has 2 nitrogen and oxygen atoms in total. The second-order valence-electron chi connectivity index (χ2n) is 4.69. The summed E-state index contributed by atoms with van der Waals surface area (Å²) in [6, 6.07) is 6.36. The lowest BCUT2D eigenvalue weighted by molar-refractivity contribution is 0.452. The zero-order chi connectivity index (χ0) is 12.5. The first-order valence-electron chi connectivity index (χ1n) is 5.67. The van der Waals surface area contributed by atoms with E-state index in [1.54, 1.807) is 13.0 Å². The van der Waals surface area contributed by atoms with Gasteiger partial charge in [0, 0.05) is 10.6 Å². The molecular weight excluding hydrogens is 239 g/mol. The lowest BCUT2D eigenvalue weighted by atomic mass is 9.93. The molecule has 0 saturated heterocycles. The second-order valence-corrected chi connectivity index (χ2v) is 5.09. The summed E-state index contributed by atoms with van der Waals surface area (Å²) < 4.78 is 13.0. The van der Waals surface area contributed by atoms with Gasteiger partial charge in [0.2, 0.25) is 0 Å². The minimum atomic E-state index is -0.854. The van der Waals surface area contributed by atoms with Crippen LogP contribution in [0.25, 0.3) is 0 Å². The second kappa shape index (κ2) is 4.64. The topological polar surface area (TPSA) is 35.8 Å². The van der Waals surface area contributed by atoms with Crippen molar-refractivity contribution >= 4 is 11.6 Å². The van der Waals surface area contributed by atoms with Crippen LogP contribution < -0.4 is 5.32 Å². The van der Waals surface area contributed by atoms with E-state index in [1.165, 1.54) is 25.0 Å². The summed E-state index contributed by atoms with van der Waals surface area (Å²) in [5, 5.41) is 12.8. The molecule has 1 aliphatic rings. The van der Waals surface area contributed by atoms with Gasteiger partial charge in [-0.1, -0.05) is 17.7 Å². The molecule has 1 N–H and O–H groups in total. The van der Waals surface area contributed by atoms with Crippen molar-refractivity contribution in [3.05, 3.63) is 34.6 Å². The van der Waals surface area contributed by atoms with Crippen LogP contribution in [0.5, 0.6) is 0 Å². The maximum absolute atomic E-state index is 13.0. The molecule has 2 rings (SSSR count). The highest BCUT2D eigenvalue weighted by Crippen LogP contribution is 2.32. The number of benzene rings is 1. The molecule has 1 unspecified atom stereocenters. The van der Waals surface area contributed by atoms with Gasteiger partial charge < -0.3 is 0 Å². The lowest BCUT2D eigenvalue weighted by Crippen LogP contribution is -2.39. The molecule has 90 valence electrons. The minimum Gasteiger partial charge on any atom is -0.296 e. The van der Waals surface area contributed by atoms with E-state index in [0.717, 1.165) is 6.54 Å². The van der Waals surface area contributed by atoms with E-state index in [2.05, 4.69) is 11.4 Å². The van der Waals surface area contributed by atoms with Crippen molar-refractivity contribution in [3.63, 3.8) is 0 Å². The number of rotatable bonds is 4. The zero-order valence-corrected chi connectivity index (χ0v) is 10.4. The van der Waals surface area contributed by atoms with Gasteiger partial charge in [-0.3, -0.25) is 5.32 Å². The van der Waals surface area contributed by atoms with Crippen LogP contribution in [0, 0.1) is 23.1 Å². The summed E-state index contributed by atoms with van der Waals surface area (Å²) in [6.45, 7) is 2.58. The standard InChI is InChI=1S/C13H14ClFN2/c1-13(8-16,17-7-9-2-3-9)11-5-4-10(15)6-12(11)14/h4-6,9,17H,2-3,7H2,1H3. The van der Waals surface area contributed by atoms with Crippen LogP contribution in [0.15, 0.2) is 18.2 Å². The fourth-order valence-corrected chi connectivity index (χ4v) is 2.12. The average molecular weight is 253 g/mol. The Morgan fingerprint density at radius 1 is 1.59 bits per heavy atom. The molecule has 1 saturated carbocycles. The Morgan fingerprint density at radius 2 is 2.29 bits per heavy atom. The number of nitrogens with one attached hydrogen (secondary N) is 1. The van der Waals surface area contributed by atoms with Gasteiger partial charge in [0.15, 0.2) is 0 Å². The Bertz CT molecular complexity index is 465. The fourth-order valence-electron chi connectivity index (χ4n) is 1.76. The smallest absolute Gasteiger partial charge is 0.130 e. The van der Waals surface area contributed by atoms with Crippen molar-refractivity contribution in [1.82, 2.24) is 5.32 Å². The van der Waals surface area contributed by atoms with E-state index in [9.17, 15) is 9.65 Å². The lowest BCUT2D eigenvalue weighted by Gasteiger charge is -2.25. The molecule has 17 heavy (non-hydrogen) atoms. The van der Waals surface area contributed by atoms with Crippen LogP contribution in [-0.2, 0) is 5.54 Å². The highest BCUT2D eigenvalue weighted by Gasteiger charge is 2.31. The third-order valence-corrected chi connectivity index (χ3v) is 3.45. The summed E-state index contributed by atoms with van der Waals surface area (Å²) in [6.07, 6.45) is 2.43. The van der Waals surface area contributed by atoms with E-state index in [-0.39, 0.29) is 10.8 Å². The normalized spacial score (nSPS) is 18.5. The van der Waals surface area contributed by atoms with E-state index in [4.69, 9.17) is 11.6 Å². The van der Waals surface area contributed by atoms with Crippen molar-refractivity contribution in [3.8, 4) is 6.07 Å². The maximum Gasteiger partial charge on any atom is 0.130 e.